The third-order valence-electron chi connectivity index (χ3n) is 2.60. The number of hydrogen-bond donors (Lipinski definition) is 0. The zero-order chi connectivity index (χ0) is 14.8. The first-order valence-electron chi connectivity index (χ1n) is 5.97. The molecule has 9 nitrogen and oxygen atoms in total. The highest BCUT2D eigenvalue weighted by Gasteiger charge is 2.22. The second-order valence-electron chi connectivity index (χ2n) is 4.12. The molecule has 3 heterocycles. The summed E-state index contributed by atoms with van der Waals surface area (Å²) in [5.74, 6) is 0.235. The van der Waals surface area contributed by atoms with Crippen LogP contribution in [0.1, 0.15) is 34.4 Å². The van der Waals surface area contributed by atoms with Crippen LogP contribution in [0, 0.1) is 6.92 Å². The second kappa shape index (κ2) is 5.40. The minimum atomic E-state index is -0.637. The summed E-state index contributed by atoms with van der Waals surface area (Å²) in [7, 11) is 0. The topological polar surface area (TPSA) is 109 Å². The third kappa shape index (κ3) is 2.65. The van der Waals surface area contributed by atoms with Gasteiger partial charge in [-0.05, 0) is 35.7 Å². The fourth-order valence-electron chi connectivity index (χ4n) is 1.65. The molecule has 0 aromatic carbocycles. The number of hydrogen-bond acceptors (Lipinski definition) is 9. The fraction of sp³-hybridized carbons (Fsp3) is 0.273. The quantitative estimate of drug-likeness (QED) is 0.664. The average molecular weight is 306 g/mol. The van der Waals surface area contributed by atoms with Crippen molar-refractivity contribution in [3.8, 4) is 5.69 Å². The van der Waals surface area contributed by atoms with E-state index in [0.717, 1.165) is 0 Å². The normalized spacial score (nSPS) is 12.3. The number of aryl methyl sites for hydroxylation is 1. The molecule has 0 bridgehead atoms. The lowest BCUT2D eigenvalue weighted by molar-refractivity contribution is 0.0271. The summed E-state index contributed by atoms with van der Waals surface area (Å²) < 4.78 is 11.7. The molecule has 10 heteroatoms. The molecule has 108 valence electrons. The summed E-state index contributed by atoms with van der Waals surface area (Å²) in [4.78, 5) is 16.7. The molecule has 0 amide bonds. The molecule has 0 unspecified atom stereocenters. The van der Waals surface area contributed by atoms with Gasteiger partial charge in [-0.15, -0.1) is 16.4 Å². The van der Waals surface area contributed by atoms with Gasteiger partial charge >= 0.3 is 5.97 Å². The predicted molar refractivity (Wildman–Crippen MR) is 69.9 cm³/mol. The molecule has 3 aromatic heterocycles. The van der Waals surface area contributed by atoms with Crippen molar-refractivity contribution in [1.82, 2.24) is 30.3 Å². The van der Waals surface area contributed by atoms with Crippen molar-refractivity contribution in [2.24, 2.45) is 0 Å². The van der Waals surface area contributed by atoms with Crippen molar-refractivity contribution in [3.63, 3.8) is 0 Å². The van der Waals surface area contributed by atoms with Gasteiger partial charge in [0.05, 0.1) is 5.69 Å². The predicted octanol–water partition coefficient (Wildman–Crippen LogP) is 1.33. The van der Waals surface area contributed by atoms with Crippen LogP contribution in [0.4, 0.5) is 0 Å². The van der Waals surface area contributed by atoms with Crippen molar-refractivity contribution in [2.45, 2.75) is 20.0 Å². The van der Waals surface area contributed by atoms with Gasteiger partial charge in [0.1, 0.15) is 11.2 Å². The molecule has 3 rings (SSSR count). The molecular formula is C11H10N6O3S. The van der Waals surface area contributed by atoms with Crippen LogP contribution in [0.2, 0.25) is 0 Å². The van der Waals surface area contributed by atoms with Crippen LogP contribution in [0.5, 0.6) is 0 Å². The molecule has 0 radical (unpaired) electrons. The molecule has 0 aliphatic carbocycles. The van der Waals surface area contributed by atoms with Gasteiger partial charge in [0.15, 0.2) is 11.9 Å². The minimum Gasteiger partial charge on any atom is -0.448 e. The van der Waals surface area contributed by atoms with Crippen LogP contribution in [0.3, 0.4) is 0 Å². The number of aromatic nitrogens is 6. The monoisotopic (exact) mass is 306 g/mol. The molecule has 1 atom stereocenters. The van der Waals surface area contributed by atoms with Crippen molar-refractivity contribution < 1.29 is 14.1 Å². The van der Waals surface area contributed by atoms with Gasteiger partial charge < -0.3 is 9.26 Å². The Kier molecular flexibility index (Phi) is 3.44. The van der Waals surface area contributed by atoms with Crippen molar-refractivity contribution in [3.05, 3.63) is 34.4 Å². The number of tetrazole rings is 1. The van der Waals surface area contributed by atoms with Gasteiger partial charge in [0, 0.05) is 0 Å². The Morgan fingerprint density at radius 1 is 1.52 bits per heavy atom. The molecule has 0 saturated heterocycles. The zero-order valence-electron chi connectivity index (χ0n) is 11.1. The van der Waals surface area contributed by atoms with Crippen LogP contribution in [0.15, 0.2) is 22.3 Å². The zero-order valence-corrected chi connectivity index (χ0v) is 11.9. The van der Waals surface area contributed by atoms with Crippen LogP contribution in [-0.2, 0) is 4.74 Å². The Morgan fingerprint density at radius 3 is 3.05 bits per heavy atom. The van der Waals surface area contributed by atoms with Crippen LogP contribution in [0.25, 0.3) is 5.69 Å². The molecule has 21 heavy (non-hydrogen) atoms. The number of carbonyl (C=O) groups is 1. The molecule has 3 aromatic rings. The molecule has 0 saturated carbocycles. The second-order valence-corrected chi connectivity index (χ2v) is 5.03. The van der Waals surface area contributed by atoms with Gasteiger partial charge in [-0.25, -0.2) is 4.79 Å². The van der Waals surface area contributed by atoms with E-state index in [1.54, 1.807) is 25.3 Å². The lowest BCUT2D eigenvalue weighted by atomic mass is 10.3. The number of carbonyl (C=O) groups excluding carboxylic acids is 1. The number of thiophene rings is 1. The van der Waals surface area contributed by atoms with E-state index in [0.29, 0.717) is 16.4 Å². The van der Waals surface area contributed by atoms with Gasteiger partial charge in [0.25, 0.3) is 5.89 Å². The van der Waals surface area contributed by atoms with E-state index in [9.17, 15) is 4.79 Å². The highest BCUT2D eigenvalue weighted by molar-refractivity contribution is 7.12. The summed E-state index contributed by atoms with van der Waals surface area (Å²) in [5, 5.41) is 16.3. The van der Waals surface area contributed by atoms with Crippen LogP contribution >= 0.6 is 11.3 Å². The first kappa shape index (κ1) is 13.4. The number of nitrogens with zero attached hydrogens (tertiary/aromatic N) is 6. The largest absolute Gasteiger partial charge is 0.448 e. The van der Waals surface area contributed by atoms with Gasteiger partial charge in [-0.1, -0.05) is 5.16 Å². The third-order valence-corrected chi connectivity index (χ3v) is 3.48. The number of rotatable bonds is 4. The maximum atomic E-state index is 12.2. The maximum Gasteiger partial charge on any atom is 0.351 e. The van der Waals surface area contributed by atoms with Crippen molar-refractivity contribution in [2.75, 3.05) is 0 Å². The molecular weight excluding hydrogens is 296 g/mol. The lowest BCUT2D eigenvalue weighted by Crippen LogP contribution is -2.11. The van der Waals surface area contributed by atoms with E-state index in [4.69, 9.17) is 9.26 Å². The molecule has 0 spiro atoms. The Balaban J connectivity index is 1.79. The SMILES string of the molecule is Cc1noc([C@@H](C)OC(=O)c2sccc2-n2cnnn2)n1. The molecule has 0 N–H and O–H groups in total. The summed E-state index contributed by atoms with van der Waals surface area (Å²) >= 11 is 1.24. The summed E-state index contributed by atoms with van der Waals surface area (Å²) in [6.07, 6.45) is 0.770. The van der Waals surface area contributed by atoms with Crippen molar-refractivity contribution >= 4 is 17.3 Å². The number of esters is 1. The van der Waals surface area contributed by atoms with Gasteiger partial charge in [-0.3, -0.25) is 0 Å². The standard InChI is InChI=1S/C11H10N6O3S/c1-6(10-13-7(2)14-20-10)19-11(18)9-8(3-4-21-9)17-5-12-15-16-17/h3-6H,1-2H3/t6-/m1/s1. The van der Waals surface area contributed by atoms with E-state index >= 15 is 0 Å². The van der Waals surface area contributed by atoms with E-state index in [1.807, 2.05) is 0 Å². The summed E-state index contributed by atoms with van der Waals surface area (Å²) in [6.45, 7) is 3.35. The van der Waals surface area contributed by atoms with E-state index < -0.39 is 12.1 Å². The van der Waals surface area contributed by atoms with Crippen molar-refractivity contribution in [1.29, 1.82) is 0 Å². The Bertz CT molecular complexity index is 750. The Hall–Kier alpha value is -2.62. The van der Waals surface area contributed by atoms with Gasteiger partial charge in [-0.2, -0.15) is 9.67 Å². The van der Waals surface area contributed by atoms with Crippen LogP contribution in [-0.4, -0.2) is 36.3 Å². The summed E-state index contributed by atoms with van der Waals surface area (Å²) in [6, 6.07) is 1.74. The first-order valence-corrected chi connectivity index (χ1v) is 6.85. The summed E-state index contributed by atoms with van der Waals surface area (Å²) in [5.41, 5.74) is 0.559. The highest BCUT2D eigenvalue weighted by Crippen LogP contribution is 2.24. The highest BCUT2D eigenvalue weighted by atomic mass is 32.1. The smallest absolute Gasteiger partial charge is 0.351 e. The fourth-order valence-corrected chi connectivity index (χ4v) is 2.41. The Morgan fingerprint density at radius 2 is 2.38 bits per heavy atom. The number of ether oxygens (including phenoxy) is 1. The average Bonchev–Trinajstić information content (AvgIpc) is 3.19. The maximum absolute atomic E-state index is 12.2. The molecule has 0 aliphatic heterocycles. The minimum absolute atomic E-state index is 0.251. The van der Waals surface area contributed by atoms with E-state index in [1.165, 1.54) is 22.3 Å². The lowest BCUT2D eigenvalue weighted by Gasteiger charge is -2.09. The van der Waals surface area contributed by atoms with E-state index in [2.05, 4.69) is 25.7 Å². The molecule has 0 aliphatic rings. The van der Waals surface area contributed by atoms with E-state index in [-0.39, 0.29) is 5.89 Å². The van der Waals surface area contributed by atoms with Gasteiger partial charge in [0.2, 0.25) is 0 Å². The first-order chi connectivity index (χ1) is 10.1. The van der Waals surface area contributed by atoms with Crippen LogP contribution < -0.4 is 0 Å². The Labute approximate surface area is 122 Å². The molecule has 0 fully saturated rings.